The van der Waals surface area contributed by atoms with Crippen molar-refractivity contribution in [2.45, 2.75) is 26.4 Å². The third kappa shape index (κ3) is 8.00. The van der Waals surface area contributed by atoms with E-state index < -0.39 is 5.66 Å². The van der Waals surface area contributed by atoms with Gasteiger partial charge in [0.25, 0.3) is 5.66 Å². The first-order chi connectivity index (χ1) is 13.8. The molecule has 4 nitrogen and oxygen atoms in total. The summed E-state index contributed by atoms with van der Waals surface area (Å²) in [6, 6.07) is 9.75. The minimum atomic E-state index is -2.97. The van der Waals surface area contributed by atoms with Crippen molar-refractivity contribution in [3.05, 3.63) is 58.6 Å². The van der Waals surface area contributed by atoms with E-state index in [1.807, 2.05) is 26.8 Å². The van der Waals surface area contributed by atoms with Gasteiger partial charge in [-0.2, -0.15) is 8.78 Å². The first-order valence-electron chi connectivity index (χ1n) is 9.04. The quantitative estimate of drug-likeness (QED) is 0.442. The number of benzene rings is 2. The van der Waals surface area contributed by atoms with Gasteiger partial charge < -0.3 is 14.8 Å². The van der Waals surface area contributed by atoms with Gasteiger partial charge in [0.15, 0.2) is 11.5 Å². The van der Waals surface area contributed by atoms with E-state index in [0.29, 0.717) is 31.1 Å². The van der Waals surface area contributed by atoms with E-state index in [0.717, 1.165) is 11.3 Å². The predicted octanol–water partition coefficient (Wildman–Crippen LogP) is 6.35. The van der Waals surface area contributed by atoms with Gasteiger partial charge in [0.1, 0.15) is 13.2 Å². The van der Waals surface area contributed by atoms with Crippen LogP contribution >= 0.6 is 20.8 Å². The maximum Gasteiger partial charge on any atom is 0.285 e. The van der Waals surface area contributed by atoms with Crippen molar-refractivity contribution in [1.82, 2.24) is 0 Å². The number of rotatable bonds is 4. The highest BCUT2D eigenvalue weighted by atomic mass is 35.5. The van der Waals surface area contributed by atoms with Crippen LogP contribution in [-0.2, 0) is 10.5 Å². The minimum Gasteiger partial charge on any atom is -0.486 e. The number of halogens is 3. The van der Waals surface area contributed by atoms with E-state index in [1.54, 1.807) is 30.3 Å². The topological polar surface area (TPSA) is 47.6 Å². The molecule has 1 N–H and O–H groups in total. The maximum atomic E-state index is 12.9. The van der Waals surface area contributed by atoms with Crippen molar-refractivity contribution in [3.63, 3.8) is 0 Å². The Labute approximate surface area is 177 Å². The molecule has 0 aromatic heterocycles. The third-order valence-corrected chi connectivity index (χ3v) is 4.10. The lowest BCUT2D eigenvalue weighted by Crippen LogP contribution is -2.15. The lowest BCUT2D eigenvalue weighted by molar-refractivity contribution is -0.105. The molecule has 1 atom stereocenters. The Morgan fingerprint density at radius 2 is 1.76 bits per heavy atom. The van der Waals surface area contributed by atoms with Gasteiger partial charge in [-0.25, -0.2) is 0 Å². The van der Waals surface area contributed by atoms with Crippen molar-refractivity contribution in [2.75, 3.05) is 18.5 Å². The molecular formula is C21H25ClF2NO3P. The molecule has 0 fully saturated rings. The molecule has 1 aliphatic heterocycles. The molecule has 1 aliphatic rings. The summed E-state index contributed by atoms with van der Waals surface area (Å²) in [6.45, 7) is 6.98. The Bertz CT molecular complexity index is 826. The molecule has 2 aromatic rings. The average molecular weight is 444 g/mol. The van der Waals surface area contributed by atoms with Crippen LogP contribution in [0.5, 0.6) is 11.5 Å². The van der Waals surface area contributed by atoms with E-state index in [1.165, 1.54) is 21.4 Å². The molecule has 1 heterocycles. The summed E-state index contributed by atoms with van der Waals surface area (Å²) in [7, 11) is 1.47. The molecule has 0 spiro atoms. The molecule has 2 aromatic carbocycles. The number of hydrogen-bond acceptors (Lipinski definition) is 3. The lowest BCUT2D eigenvalue weighted by Gasteiger charge is -2.18. The fourth-order valence-corrected chi connectivity index (χ4v) is 2.96. The smallest absolute Gasteiger partial charge is 0.285 e. The number of fused-ring (bicyclic) bond motifs is 1. The number of ether oxygens (including phenoxy) is 2. The minimum absolute atomic E-state index is 0.0839. The number of anilines is 1. The van der Waals surface area contributed by atoms with Crippen LogP contribution in [0.4, 0.5) is 14.5 Å². The van der Waals surface area contributed by atoms with E-state index in [-0.39, 0.29) is 10.6 Å². The fraction of sp³-hybridized carbons (Fsp3) is 0.286. The molecule has 0 radical (unpaired) electrons. The van der Waals surface area contributed by atoms with Crippen molar-refractivity contribution in [2.24, 2.45) is 0 Å². The molecule has 8 heteroatoms. The third-order valence-electron chi connectivity index (χ3n) is 3.48. The second kappa shape index (κ2) is 12.4. The molecule has 158 valence electrons. The van der Waals surface area contributed by atoms with Crippen LogP contribution in [0.15, 0.2) is 42.5 Å². The maximum absolute atomic E-state index is 12.9. The Morgan fingerprint density at radius 1 is 1.10 bits per heavy atom. The molecule has 0 saturated carbocycles. The first kappa shape index (κ1) is 24.9. The van der Waals surface area contributed by atoms with Crippen LogP contribution in [-0.4, -0.2) is 19.6 Å². The largest absolute Gasteiger partial charge is 0.486 e. The summed E-state index contributed by atoms with van der Waals surface area (Å²) < 4.78 is 36.4. The summed E-state index contributed by atoms with van der Waals surface area (Å²) in [6.07, 6.45) is 4.26. The van der Waals surface area contributed by atoms with Gasteiger partial charge in [0.05, 0.1) is 5.02 Å². The number of hydrogen-bond donors (Lipinski definition) is 1. The van der Waals surface area contributed by atoms with Gasteiger partial charge in [-0.1, -0.05) is 59.0 Å². The van der Waals surface area contributed by atoms with Crippen molar-refractivity contribution < 1.29 is 23.0 Å². The summed E-state index contributed by atoms with van der Waals surface area (Å²) in [5.74, 6) is 1.40. The van der Waals surface area contributed by atoms with E-state index in [4.69, 9.17) is 21.1 Å². The number of amides is 1. The highest BCUT2D eigenvalue weighted by Crippen LogP contribution is 2.39. The van der Waals surface area contributed by atoms with Crippen molar-refractivity contribution in [3.8, 4) is 11.5 Å². The summed E-state index contributed by atoms with van der Waals surface area (Å²) >= 11 is 5.72. The molecule has 3 rings (SSSR count). The van der Waals surface area contributed by atoms with E-state index in [2.05, 4.69) is 5.32 Å². The van der Waals surface area contributed by atoms with Crippen LogP contribution in [0.25, 0.3) is 6.08 Å². The fourth-order valence-electron chi connectivity index (χ4n) is 2.30. The van der Waals surface area contributed by atoms with Gasteiger partial charge >= 0.3 is 0 Å². The SMILES string of the molecule is C/C=C/c1ccc(C(F)(F)P)c(Cl)c1.CC.O=CNc1ccc2c(c1)OCCO2. The van der Waals surface area contributed by atoms with E-state index in [9.17, 15) is 13.6 Å². The molecule has 0 bridgehead atoms. The second-order valence-corrected chi connectivity index (χ2v) is 6.62. The Kier molecular flexibility index (Phi) is 10.6. The highest BCUT2D eigenvalue weighted by Gasteiger charge is 2.27. The molecule has 29 heavy (non-hydrogen) atoms. The number of carbonyl (C=O) groups is 1. The van der Waals surface area contributed by atoms with Crippen LogP contribution in [0.1, 0.15) is 31.9 Å². The Balaban J connectivity index is 0.000000268. The molecule has 0 aliphatic carbocycles. The highest BCUT2D eigenvalue weighted by molar-refractivity contribution is 7.17. The van der Waals surface area contributed by atoms with Crippen LogP contribution in [0.3, 0.4) is 0 Å². The average Bonchev–Trinajstić information content (AvgIpc) is 2.70. The molecule has 1 amide bonds. The number of allylic oxidation sites excluding steroid dienone is 1. The van der Waals surface area contributed by atoms with Gasteiger partial charge in [-0.3, -0.25) is 4.79 Å². The summed E-state index contributed by atoms with van der Waals surface area (Å²) in [5.41, 5.74) is -1.61. The normalized spacial score (nSPS) is 12.2. The van der Waals surface area contributed by atoms with Crippen molar-refractivity contribution >= 4 is 39.0 Å². The van der Waals surface area contributed by atoms with E-state index >= 15 is 0 Å². The summed E-state index contributed by atoms with van der Waals surface area (Å²) in [4.78, 5) is 10.2. The lowest BCUT2D eigenvalue weighted by atomic mass is 10.1. The second-order valence-electron chi connectivity index (χ2n) is 5.48. The monoisotopic (exact) mass is 443 g/mol. The zero-order chi connectivity index (χ0) is 21.9. The van der Waals surface area contributed by atoms with Gasteiger partial charge in [-0.15, -0.1) is 0 Å². The number of alkyl halides is 2. The zero-order valence-corrected chi connectivity index (χ0v) is 18.5. The van der Waals surface area contributed by atoms with Gasteiger partial charge in [0.2, 0.25) is 6.41 Å². The zero-order valence-electron chi connectivity index (χ0n) is 16.5. The number of carbonyl (C=O) groups excluding carboxylic acids is 1. The van der Waals surface area contributed by atoms with Crippen LogP contribution in [0, 0.1) is 0 Å². The van der Waals surface area contributed by atoms with Crippen LogP contribution < -0.4 is 14.8 Å². The van der Waals surface area contributed by atoms with Crippen LogP contribution in [0.2, 0.25) is 5.02 Å². The molecular weight excluding hydrogens is 419 g/mol. The predicted molar refractivity (Wildman–Crippen MR) is 118 cm³/mol. The number of nitrogens with one attached hydrogen (secondary N) is 1. The van der Waals surface area contributed by atoms with Crippen molar-refractivity contribution in [1.29, 1.82) is 0 Å². The van der Waals surface area contributed by atoms with Gasteiger partial charge in [0, 0.05) is 17.3 Å². The molecule has 0 saturated heterocycles. The summed E-state index contributed by atoms with van der Waals surface area (Å²) in [5, 5.41) is 2.63. The Hall–Kier alpha value is -2.17. The Morgan fingerprint density at radius 3 is 2.31 bits per heavy atom. The standard InChI is InChI=1S/C10H10ClF2P.C9H9NO3.C2H6/c1-2-3-7-4-5-8(9(11)6-7)10(12,13)14;11-6-10-7-1-2-8-9(5-7)13-4-3-12-8;1-2/h2-6H,14H2,1H3;1-2,5-6H,3-4H2,(H,10,11);1-2H3/b3-2+;;. The first-order valence-corrected chi connectivity index (χ1v) is 10.00. The van der Waals surface area contributed by atoms with Gasteiger partial charge in [-0.05, 0) is 30.7 Å². The molecule has 1 unspecified atom stereocenters.